The van der Waals surface area contributed by atoms with E-state index >= 15 is 0 Å². The van der Waals surface area contributed by atoms with E-state index in [2.05, 4.69) is 20.6 Å². The summed E-state index contributed by atoms with van der Waals surface area (Å²) in [6, 6.07) is 10.1. The first-order valence-electron chi connectivity index (χ1n) is 6.01. The zero-order valence-corrected chi connectivity index (χ0v) is 9.93. The Labute approximate surface area is 105 Å². The predicted octanol–water partition coefficient (Wildman–Crippen LogP) is 2.38. The summed E-state index contributed by atoms with van der Waals surface area (Å²) in [5, 5.41) is 6.56. The van der Waals surface area contributed by atoms with E-state index in [-0.39, 0.29) is 0 Å². The lowest BCUT2D eigenvalue weighted by Gasteiger charge is -2.08. The van der Waals surface area contributed by atoms with Gasteiger partial charge in [-0.1, -0.05) is 0 Å². The molecule has 18 heavy (non-hydrogen) atoms. The molecule has 0 bridgehead atoms. The molecule has 0 radical (unpaired) electrons. The SMILES string of the molecule is Nc1ccc(Nc2cc(NC3CC3)ncn2)cc1. The third-order valence-electron chi connectivity index (χ3n) is 2.78. The lowest BCUT2D eigenvalue weighted by molar-refractivity contribution is 1.08. The Bertz CT molecular complexity index is 533. The highest BCUT2D eigenvalue weighted by molar-refractivity contribution is 5.61. The Balaban J connectivity index is 1.73. The first kappa shape index (κ1) is 10.8. The van der Waals surface area contributed by atoms with Crippen molar-refractivity contribution in [3.8, 4) is 0 Å². The van der Waals surface area contributed by atoms with Crippen LogP contribution in [0.15, 0.2) is 36.7 Å². The minimum absolute atomic E-state index is 0.587. The Kier molecular flexibility index (Phi) is 2.72. The first-order chi connectivity index (χ1) is 8.79. The van der Waals surface area contributed by atoms with Gasteiger partial charge in [0.1, 0.15) is 18.0 Å². The number of anilines is 4. The van der Waals surface area contributed by atoms with Crippen molar-refractivity contribution in [2.45, 2.75) is 18.9 Å². The highest BCUT2D eigenvalue weighted by atomic mass is 15.1. The number of aromatic nitrogens is 2. The molecule has 4 N–H and O–H groups in total. The van der Waals surface area contributed by atoms with E-state index < -0.39 is 0 Å². The summed E-state index contributed by atoms with van der Waals surface area (Å²) < 4.78 is 0. The van der Waals surface area contributed by atoms with Gasteiger partial charge in [0.25, 0.3) is 0 Å². The number of hydrogen-bond donors (Lipinski definition) is 3. The largest absolute Gasteiger partial charge is 0.399 e. The van der Waals surface area contributed by atoms with Gasteiger partial charge in [0.2, 0.25) is 0 Å². The van der Waals surface area contributed by atoms with Crippen molar-refractivity contribution in [3.63, 3.8) is 0 Å². The molecule has 0 saturated heterocycles. The monoisotopic (exact) mass is 241 g/mol. The van der Waals surface area contributed by atoms with Crippen LogP contribution >= 0.6 is 0 Å². The van der Waals surface area contributed by atoms with Gasteiger partial charge in [-0.2, -0.15) is 0 Å². The maximum Gasteiger partial charge on any atom is 0.135 e. The normalized spacial score (nSPS) is 14.2. The number of benzene rings is 1. The van der Waals surface area contributed by atoms with Gasteiger partial charge >= 0.3 is 0 Å². The van der Waals surface area contributed by atoms with E-state index in [0.29, 0.717) is 6.04 Å². The Hall–Kier alpha value is -2.30. The van der Waals surface area contributed by atoms with Crippen LogP contribution in [0, 0.1) is 0 Å². The minimum Gasteiger partial charge on any atom is -0.399 e. The number of nitrogen functional groups attached to an aromatic ring is 1. The fourth-order valence-electron chi connectivity index (χ4n) is 1.66. The van der Waals surface area contributed by atoms with Crippen molar-refractivity contribution in [1.29, 1.82) is 0 Å². The second kappa shape index (κ2) is 4.52. The highest BCUT2D eigenvalue weighted by Gasteiger charge is 2.21. The highest BCUT2D eigenvalue weighted by Crippen LogP contribution is 2.24. The van der Waals surface area contributed by atoms with E-state index in [1.165, 1.54) is 12.8 Å². The summed E-state index contributed by atoms with van der Waals surface area (Å²) in [6.45, 7) is 0. The predicted molar refractivity (Wildman–Crippen MR) is 72.8 cm³/mol. The van der Waals surface area contributed by atoms with Crippen molar-refractivity contribution in [3.05, 3.63) is 36.7 Å². The van der Waals surface area contributed by atoms with Gasteiger partial charge in [-0.05, 0) is 37.1 Å². The van der Waals surface area contributed by atoms with Gasteiger partial charge in [0.15, 0.2) is 0 Å². The van der Waals surface area contributed by atoms with Crippen LogP contribution in [0.4, 0.5) is 23.0 Å². The van der Waals surface area contributed by atoms with Crippen LogP contribution in [0.5, 0.6) is 0 Å². The van der Waals surface area contributed by atoms with E-state index in [1.54, 1.807) is 6.33 Å². The molecular weight excluding hydrogens is 226 g/mol. The van der Waals surface area contributed by atoms with Crippen LogP contribution < -0.4 is 16.4 Å². The Morgan fingerprint density at radius 3 is 2.50 bits per heavy atom. The molecule has 1 fully saturated rings. The summed E-state index contributed by atoms with van der Waals surface area (Å²) >= 11 is 0. The van der Waals surface area contributed by atoms with Crippen molar-refractivity contribution in [1.82, 2.24) is 9.97 Å². The molecule has 2 aromatic rings. The molecule has 0 spiro atoms. The number of rotatable bonds is 4. The average Bonchev–Trinajstić information content (AvgIpc) is 3.17. The maximum atomic E-state index is 5.64. The molecule has 92 valence electrons. The number of nitrogens with two attached hydrogens (primary N) is 1. The van der Waals surface area contributed by atoms with Gasteiger partial charge in [-0.15, -0.1) is 0 Å². The molecule has 1 aliphatic rings. The number of nitrogens with zero attached hydrogens (tertiary/aromatic N) is 2. The molecule has 5 nitrogen and oxygen atoms in total. The van der Waals surface area contributed by atoms with Crippen LogP contribution in [0.3, 0.4) is 0 Å². The standard InChI is InChI=1S/C13H15N5/c14-9-1-3-10(4-2-9)17-12-7-13(16-8-15-12)18-11-5-6-11/h1-4,7-8,11H,5-6,14H2,(H2,15,16,17,18). The first-order valence-corrected chi connectivity index (χ1v) is 6.01. The van der Waals surface area contributed by atoms with Gasteiger partial charge in [-0.3, -0.25) is 0 Å². The number of nitrogens with one attached hydrogen (secondary N) is 2. The molecule has 3 rings (SSSR count). The van der Waals surface area contributed by atoms with Gasteiger partial charge in [-0.25, -0.2) is 9.97 Å². The minimum atomic E-state index is 0.587. The lowest BCUT2D eigenvalue weighted by Crippen LogP contribution is -2.04. The summed E-state index contributed by atoms with van der Waals surface area (Å²) in [4.78, 5) is 8.38. The molecule has 0 unspecified atom stereocenters. The van der Waals surface area contributed by atoms with Gasteiger partial charge in [0.05, 0.1) is 0 Å². The molecule has 0 amide bonds. The van der Waals surface area contributed by atoms with Crippen molar-refractivity contribution in [2.24, 2.45) is 0 Å². The summed E-state index contributed by atoms with van der Waals surface area (Å²) in [6.07, 6.45) is 4.01. The van der Waals surface area contributed by atoms with Crippen molar-refractivity contribution in [2.75, 3.05) is 16.4 Å². The lowest BCUT2D eigenvalue weighted by atomic mass is 10.3. The molecule has 1 aromatic heterocycles. The molecule has 1 aromatic carbocycles. The molecule has 0 atom stereocenters. The van der Waals surface area contributed by atoms with Crippen LogP contribution in [0.2, 0.25) is 0 Å². The Morgan fingerprint density at radius 2 is 1.78 bits per heavy atom. The van der Waals surface area contributed by atoms with E-state index in [0.717, 1.165) is 23.0 Å². The van der Waals surface area contributed by atoms with Crippen LogP contribution in [0.1, 0.15) is 12.8 Å². The van der Waals surface area contributed by atoms with E-state index in [4.69, 9.17) is 5.73 Å². The smallest absolute Gasteiger partial charge is 0.135 e. The second-order valence-corrected chi connectivity index (χ2v) is 4.45. The average molecular weight is 241 g/mol. The van der Waals surface area contributed by atoms with Crippen LogP contribution in [0.25, 0.3) is 0 Å². The fourth-order valence-corrected chi connectivity index (χ4v) is 1.66. The number of hydrogen-bond acceptors (Lipinski definition) is 5. The van der Waals surface area contributed by atoms with Crippen LogP contribution in [-0.4, -0.2) is 16.0 Å². The fraction of sp³-hybridized carbons (Fsp3) is 0.231. The molecule has 5 heteroatoms. The van der Waals surface area contributed by atoms with E-state index in [1.807, 2.05) is 30.3 Å². The zero-order valence-electron chi connectivity index (χ0n) is 9.93. The maximum absolute atomic E-state index is 5.64. The zero-order chi connectivity index (χ0) is 12.4. The molecule has 1 heterocycles. The third-order valence-corrected chi connectivity index (χ3v) is 2.78. The molecule has 1 saturated carbocycles. The van der Waals surface area contributed by atoms with Crippen molar-refractivity contribution < 1.29 is 0 Å². The molecule has 0 aliphatic heterocycles. The Morgan fingerprint density at radius 1 is 1.06 bits per heavy atom. The summed E-state index contributed by atoms with van der Waals surface area (Å²) in [5.41, 5.74) is 7.35. The second-order valence-electron chi connectivity index (χ2n) is 4.45. The van der Waals surface area contributed by atoms with Crippen molar-refractivity contribution >= 4 is 23.0 Å². The van der Waals surface area contributed by atoms with Gasteiger partial charge in [0, 0.05) is 23.5 Å². The quantitative estimate of drug-likeness (QED) is 0.716. The van der Waals surface area contributed by atoms with E-state index in [9.17, 15) is 0 Å². The van der Waals surface area contributed by atoms with Gasteiger partial charge < -0.3 is 16.4 Å². The summed E-state index contributed by atoms with van der Waals surface area (Å²) in [7, 11) is 0. The third kappa shape index (κ3) is 2.68. The topological polar surface area (TPSA) is 75.9 Å². The summed E-state index contributed by atoms with van der Waals surface area (Å²) in [5.74, 6) is 1.64. The van der Waals surface area contributed by atoms with Crippen LogP contribution in [-0.2, 0) is 0 Å². The molecular formula is C13H15N5. The molecule has 1 aliphatic carbocycles.